The molecule has 4 fully saturated rings. The van der Waals surface area contributed by atoms with Crippen molar-refractivity contribution in [1.29, 1.82) is 5.26 Å². The van der Waals surface area contributed by atoms with Crippen LogP contribution < -0.4 is 24.8 Å². The van der Waals surface area contributed by atoms with Gasteiger partial charge in [0.15, 0.2) is 5.82 Å². The van der Waals surface area contributed by atoms with Gasteiger partial charge in [0.25, 0.3) is 10.2 Å². The van der Waals surface area contributed by atoms with E-state index in [9.17, 15) is 22.5 Å². The predicted octanol–water partition coefficient (Wildman–Crippen LogP) is 5.14. The van der Waals surface area contributed by atoms with Gasteiger partial charge >= 0.3 is 6.01 Å². The number of nitrogens with zero attached hydrogens (tertiary/aromatic N) is 5. The van der Waals surface area contributed by atoms with Crippen LogP contribution in [0.3, 0.4) is 0 Å². The van der Waals surface area contributed by atoms with Crippen molar-refractivity contribution in [2.45, 2.75) is 43.2 Å². The predicted molar refractivity (Wildman–Crippen MR) is 181 cm³/mol. The van der Waals surface area contributed by atoms with Gasteiger partial charge in [0.1, 0.15) is 34.8 Å². The number of ether oxygens (including phenoxy) is 1. The maximum atomic E-state index is 17.0. The summed E-state index contributed by atoms with van der Waals surface area (Å²) in [4.78, 5) is 13.4. The monoisotopic (exact) mass is 730 g/mol. The Morgan fingerprint density at radius 2 is 2.04 bits per heavy atom. The topological polar surface area (TPSA) is 150 Å². The molecule has 4 saturated heterocycles. The number of thiophene rings is 1. The lowest BCUT2D eigenvalue weighted by Gasteiger charge is -2.40. The van der Waals surface area contributed by atoms with Gasteiger partial charge in [-0.15, -0.1) is 11.3 Å². The summed E-state index contributed by atoms with van der Waals surface area (Å²) in [5.74, 6) is -1.14. The zero-order chi connectivity index (χ0) is 34.3. The summed E-state index contributed by atoms with van der Waals surface area (Å²) < 4.78 is 81.8. The quantitative estimate of drug-likeness (QED) is 0.254. The van der Waals surface area contributed by atoms with E-state index in [1.165, 1.54) is 18.2 Å². The number of nitrogen functional groups attached to an aromatic ring is 1. The maximum absolute atomic E-state index is 17.0. The van der Waals surface area contributed by atoms with Gasteiger partial charge in [-0.05, 0) is 61.9 Å². The molecule has 256 valence electrons. The Morgan fingerprint density at radius 1 is 1.22 bits per heavy atom. The molecule has 6 heterocycles. The van der Waals surface area contributed by atoms with Crippen LogP contribution >= 0.6 is 22.9 Å². The van der Waals surface area contributed by atoms with Crippen LogP contribution in [-0.4, -0.2) is 73.7 Å². The van der Waals surface area contributed by atoms with Crippen molar-refractivity contribution in [1.82, 2.24) is 24.3 Å². The van der Waals surface area contributed by atoms with Crippen molar-refractivity contribution in [3.63, 3.8) is 0 Å². The third kappa shape index (κ3) is 5.29. The summed E-state index contributed by atoms with van der Waals surface area (Å²) in [7, 11) is -3.68. The van der Waals surface area contributed by atoms with E-state index in [-0.39, 0.29) is 73.4 Å². The van der Waals surface area contributed by atoms with Crippen LogP contribution in [0.5, 0.6) is 6.01 Å². The van der Waals surface area contributed by atoms with Gasteiger partial charge in [-0.2, -0.15) is 28.4 Å². The summed E-state index contributed by atoms with van der Waals surface area (Å²) in [6.07, 6.45) is 4.04. The number of benzene rings is 2. The van der Waals surface area contributed by atoms with Gasteiger partial charge in [-0.3, -0.25) is 4.90 Å². The van der Waals surface area contributed by atoms with Crippen LogP contribution in [-0.2, 0) is 10.2 Å². The van der Waals surface area contributed by atoms with Crippen LogP contribution in [0.25, 0.3) is 32.1 Å². The van der Waals surface area contributed by atoms with Crippen molar-refractivity contribution in [2.75, 3.05) is 50.0 Å². The SMILES string of the molecule is N#Cc1c(N)sc2c(F)ccc(-c3c(Cl)cc4c(N5CCC[C@]6(CNS(=O)(=O)N6)C5)nc(OCC56CCCN5C/C(=C\F)C6)nc4c3F)c12. The lowest BCUT2D eigenvalue weighted by Crippen LogP contribution is -2.56. The van der Waals surface area contributed by atoms with E-state index in [0.29, 0.717) is 50.1 Å². The first-order chi connectivity index (χ1) is 23.5. The van der Waals surface area contributed by atoms with Crippen LogP contribution in [0, 0.1) is 23.0 Å². The average molecular weight is 731 g/mol. The van der Waals surface area contributed by atoms with Crippen LogP contribution in [0.4, 0.5) is 24.0 Å². The molecule has 4 N–H and O–H groups in total. The highest BCUT2D eigenvalue weighted by Gasteiger charge is 2.48. The fourth-order valence-electron chi connectivity index (χ4n) is 8.00. The minimum atomic E-state index is -3.68. The van der Waals surface area contributed by atoms with E-state index in [0.717, 1.165) is 30.7 Å². The number of hydrogen-bond donors (Lipinski definition) is 3. The molecule has 0 bridgehead atoms. The third-order valence-electron chi connectivity index (χ3n) is 10.2. The number of halogens is 4. The van der Waals surface area contributed by atoms with E-state index in [1.54, 1.807) is 0 Å². The number of rotatable bonds is 5. The van der Waals surface area contributed by atoms with Crippen LogP contribution in [0.1, 0.15) is 37.7 Å². The minimum absolute atomic E-state index is 0.0161. The average Bonchev–Trinajstić information content (AvgIpc) is 3.80. The number of nitrogens with two attached hydrogens (primary N) is 1. The molecule has 0 aliphatic carbocycles. The summed E-state index contributed by atoms with van der Waals surface area (Å²) in [5, 5.41) is 10.3. The standard InChI is InChI=1S/C32H30ClF3N8O3S2/c33-21-9-19-26(25(36)24(21)18-3-4-22(35)27-23(18)20(12-37)28(38)48-27)40-30(47-16-32-6-2-8-44(32)13-17(10-32)11-34)41-29(19)43-7-1-5-31(15-43)14-39-49(45,46)42-31/h3-4,9,11,39,42H,1-2,5-8,10,13-16,38H2/b17-11-/t31-,32?/m0/s1. The molecule has 0 amide bonds. The van der Waals surface area contributed by atoms with Crippen LogP contribution in [0.15, 0.2) is 30.1 Å². The highest BCUT2D eigenvalue weighted by Crippen LogP contribution is 2.46. The lowest BCUT2D eigenvalue weighted by molar-refractivity contribution is 0.108. The number of piperidine rings is 1. The Bertz CT molecular complexity index is 2250. The molecular weight excluding hydrogens is 701 g/mol. The Kier molecular flexibility index (Phi) is 7.74. The van der Waals surface area contributed by atoms with Crippen molar-refractivity contribution in [3.05, 3.63) is 52.3 Å². The first kappa shape index (κ1) is 32.5. The van der Waals surface area contributed by atoms with Gasteiger partial charge in [-0.25, -0.2) is 17.9 Å². The molecule has 4 aliphatic rings. The minimum Gasteiger partial charge on any atom is -0.461 e. The maximum Gasteiger partial charge on any atom is 0.319 e. The van der Waals surface area contributed by atoms with Crippen molar-refractivity contribution in [2.24, 2.45) is 0 Å². The normalized spacial score (nSPS) is 25.9. The lowest BCUT2D eigenvalue weighted by atomic mass is 9.90. The second kappa shape index (κ2) is 11.7. The molecule has 8 rings (SSSR count). The van der Waals surface area contributed by atoms with E-state index in [4.69, 9.17) is 27.1 Å². The van der Waals surface area contributed by atoms with E-state index < -0.39 is 32.9 Å². The molecule has 4 aliphatic heterocycles. The van der Waals surface area contributed by atoms with Gasteiger partial charge in [0.05, 0.1) is 32.7 Å². The molecule has 4 aromatic rings. The number of nitrogens with one attached hydrogen (secondary N) is 2. The largest absolute Gasteiger partial charge is 0.461 e. The summed E-state index contributed by atoms with van der Waals surface area (Å²) in [6, 6.07) is 5.95. The third-order valence-corrected chi connectivity index (χ3v) is 12.7. The molecule has 2 aromatic heterocycles. The molecule has 11 nitrogen and oxygen atoms in total. The van der Waals surface area contributed by atoms with Gasteiger partial charge in [0.2, 0.25) is 0 Å². The molecule has 0 radical (unpaired) electrons. The summed E-state index contributed by atoms with van der Waals surface area (Å²) >= 11 is 7.73. The van der Waals surface area contributed by atoms with Crippen molar-refractivity contribution >= 4 is 65.0 Å². The Hall–Kier alpha value is -3.72. The highest BCUT2D eigenvalue weighted by molar-refractivity contribution is 7.87. The molecule has 2 atom stereocenters. The first-order valence-corrected chi connectivity index (χ1v) is 18.4. The molecule has 17 heteroatoms. The van der Waals surface area contributed by atoms with E-state index >= 15 is 4.39 Å². The first-order valence-electron chi connectivity index (χ1n) is 15.8. The molecule has 1 unspecified atom stereocenters. The Balaban J connectivity index is 1.28. The Labute approximate surface area is 288 Å². The number of fused-ring (bicyclic) bond motifs is 3. The number of hydrogen-bond acceptors (Lipinski definition) is 10. The molecule has 0 saturated carbocycles. The molecule has 1 spiro atoms. The van der Waals surface area contributed by atoms with Crippen molar-refractivity contribution in [3.8, 4) is 23.2 Å². The number of aromatic nitrogens is 2. The number of anilines is 2. The Morgan fingerprint density at radius 3 is 2.80 bits per heavy atom. The number of nitriles is 1. The second-order valence-corrected chi connectivity index (χ2v) is 16.2. The highest BCUT2D eigenvalue weighted by atomic mass is 35.5. The molecular formula is C32H30ClF3N8O3S2. The smallest absolute Gasteiger partial charge is 0.319 e. The summed E-state index contributed by atoms with van der Waals surface area (Å²) in [5.41, 5.74) is 5.44. The molecule has 49 heavy (non-hydrogen) atoms. The summed E-state index contributed by atoms with van der Waals surface area (Å²) in [6.45, 7) is 2.33. The van der Waals surface area contributed by atoms with E-state index in [1.807, 2.05) is 11.0 Å². The van der Waals surface area contributed by atoms with Gasteiger partial charge in [0, 0.05) is 42.5 Å². The molecule has 2 aromatic carbocycles. The zero-order valence-electron chi connectivity index (χ0n) is 26.0. The van der Waals surface area contributed by atoms with Crippen molar-refractivity contribution < 1.29 is 26.3 Å². The fraction of sp³-hybridized carbons (Fsp3) is 0.406. The van der Waals surface area contributed by atoms with E-state index in [2.05, 4.69) is 19.3 Å². The van der Waals surface area contributed by atoms with Gasteiger partial charge < -0.3 is 15.4 Å². The fourth-order valence-corrected chi connectivity index (χ4v) is 10.6. The second-order valence-electron chi connectivity index (χ2n) is 13.2. The van der Waals surface area contributed by atoms with Gasteiger partial charge in [-0.1, -0.05) is 17.7 Å². The zero-order valence-corrected chi connectivity index (χ0v) is 28.3. The van der Waals surface area contributed by atoms with Crippen LogP contribution in [0.2, 0.25) is 5.02 Å².